The van der Waals surface area contributed by atoms with E-state index in [1.807, 2.05) is 6.07 Å². The van der Waals surface area contributed by atoms with Gasteiger partial charge in [-0.05, 0) is 43.3 Å². The monoisotopic (exact) mass is 297 g/mol. The Morgan fingerprint density at radius 2 is 1.68 bits per heavy atom. The second kappa shape index (κ2) is 7.03. The number of allylic oxidation sites excluding steroid dienone is 1. The number of amides is 1. The maximum absolute atomic E-state index is 12.1. The lowest BCUT2D eigenvalue weighted by Crippen LogP contribution is -2.14. The number of hydrogen-bond donors (Lipinski definition) is 3. The minimum atomic E-state index is -0.561. The van der Waals surface area contributed by atoms with Gasteiger partial charge in [0, 0.05) is 5.69 Å². The molecular weight excluding hydrogens is 282 g/mol. The van der Waals surface area contributed by atoms with E-state index in [1.54, 1.807) is 24.3 Å². The number of nitrogens with zero attached hydrogens (tertiary/aromatic N) is 2. The molecule has 2 rings (SSSR count). The number of aromatic hydroxyl groups is 1. The molecule has 1 amide bonds. The highest BCUT2D eigenvalue weighted by Gasteiger charge is 2.13. The average molecular weight is 297 g/mol. The third-order valence-corrected chi connectivity index (χ3v) is 2.70. The van der Waals surface area contributed by atoms with E-state index in [-0.39, 0.29) is 17.2 Å². The highest BCUT2D eigenvalue weighted by Crippen LogP contribution is 2.19. The third kappa shape index (κ3) is 4.17. The Hall–Kier alpha value is -3.15. The molecule has 0 aliphatic carbocycles. The molecular formula is C16H15N3O3. The first-order valence-corrected chi connectivity index (χ1v) is 6.53. The van der Waals surface area contributed by atoms with Crippen LogP contribution in [-0.2, 0) is 4.79 Å². The normalized spacial score (nSPS) is 12.0. The summed E-state index contributed by atoms with van der Waals surface area (Å²) in [6.45, 7) is 1.36. The van der Waals surface area contributed by atoms with Crippen molar-refractivity contribution in [2.45, 2.75) is 6.92 Å². The fourth-order valence-electron chi connectivity index (χ4n) is 1.62. The van der Waals surface area contributed by atoms with Crippen molar-refractivity contribution >= 4 is 17.3 Å². The van der Waals surface area contributed by atoms with Gasteiger partial charge in [0.1, 0.15) is 11.5 Å². The summed E-state index contributed by atoms with van der Waals surface area (Å²) in [6, 6.07) is 14.8. The lowest BCUT2D eigenvalue weighted by atomic mass is 10.3. The molecule has 0 heterocycles. The summed E-state index contributed by atoms with van der Waals surface area (Å²) in [5, 5.41) is 29.1. The van der Waals surface area contributed by atoms with Crippen LogP contribution in [0.1, 0.15) is 6.92 Å². The summed E-state index contributed by atoms with van der Waals surface area (Å²) in [7, 11) is 0. The van der Waals surface area contributed by atoms with Crippen LogP contribution < -0.4 is 5.32 Å². The standard InChI is InChI=1S/C16H15N3O3/c1-11(20)15(16(22)17-12-5-3-2-4-6-12)19-18-13-7-9-14(21)10-8-13/h2-10,20-21H,1H3,(H,17,22). The molecule has 6 nitrogen and oxygen atoms in total. The topological polar surface area (TPSA) is 94.3 Å². The van der Waals surface area contributed by atoms with Crippen LogP contribution in [0.15, 0.2) is 76.3 Å². The Bertz CT molecular complexity index is 703. The number of rotatable bonds is 4. The van der Waals surface area contributed by atoms with E-state index in [0.717, 1.165) is 0 Å². The van der Waals surface area contributed by atoms with Gasteiger partial charge in [-0.2, -0.15) is 5.11 Å². The Morgan fingerprint density at radius 1 is 1.05 bits per heavy atom. The molecule has 2 aromatic carbocycles. The van der Waals surface area contributed by atoms with Gasteiger partial charge in [0.2, 0.25) is 0 Å². The first-order valence-electron chi connectivity index (χ1n) is 6.53. The number of aliphatic hydroxyl groups is 1. The van der Waals surface area contributed by atoms with Crippen molar-refractivity contribution in [3.63, 3.8) is 0 Å². The molecule has 2 aromatic rings. The molecule has 0 spiro atoms. The predicted molar refractivity (Wildman–Crippen MR) is 83.0 cm³/mol. The highest BCUT2D eigenvalue weighted by molar-refractivity contribution is 6.03. The number of carbonyl (C=O) groups excluding carboxylic acids is 1. The van der Waals surface area contributed by atoms with Gasteiger partial charge >= 0.3 is 0 Å². The van der Waals surface area contributed by atoms with Crippen molar-refractivity contribution in [3.05, 3.63) is 66.1 Å². The number of carbonyl (C=O) groups is 1. The van der Waals surface area contributed by atoms with E-state index in [9.17, 15) is 15.0 Å². The van der Waals surface area contributed by atoms with Crippen LogP contribution in [0.4, 0.5) is 11.4 Å². The van der Waals surface area contributed by atoms with Crippen molar-refractivity contribution in [3.8, 4) is 5.75 Å². The zero-order valence-corrected chi connectivity index (χ0v) is 11.9. The van der Waals surface area contributed by atoms with Crippen LogP contribution in [0, 0.1) is 0 Å². The fraction of sp³-hybridized carbons (Fsp3) is 0.0625. The molecule has 0 unspecified atom stereocenters. The van der Waals surface area contributed by atoms with E-state index < -0.39 is 5.91 Å². The largest absolute Gasteiger partial charge is 0.510 e. The van der Waals surface area contributed by atoms with Crippen LogP contribution >= 0.6 is 0 Å². The number of phenolic OH excluding ortho intramolecular Hbond substituents is 1. The van der Waals surface area contributed by atoms with Gasteiger partial charge < -0.3 is 15.5 Å². The van der Waals surface area contributed by atoms with E-state index in [1.165, 1.54) is 31.2 Å². The molecule has 0 bridgehead atoms. The van der Waals surface area contributed by atoms with Crippen LogP contribution in [0.25, 0.3) is 0 Å². The fourth-order valence-corrected chi connectivity index (χ4v) is 1.62. The van der Waals surface area contributed by atoms with Gasteiger partial charge in [-0.15, -0.1) is 5.11 Å². The van der Waals surface area contributed by atoms with Gasteiger partial charge in [0.15, 0.2) is 5.70 Å². The Kier molecular flexibility index (Phi) is 4.87. The minimum Gasteiger partial charge on any atom is -0.510 e. The van der Waals surface area contributed by atoms with E-state index in [0.29, 0.717) is 11.4 Å². The summed E-state index contributed by atoms with van der Waals surface area (Å²) in [5.74, 6) is -0.695. The molecule has 0 radical (unpaired) electrons. The van der Waals surface area contributed by atoms with E-state index in [2.05, 4.69) is 15.5 Å². The predicted octanol–water partition coefficient (Wildman–Crippen LogP) is 3.90. The molecule has 3 N–H and O–H groups in total. The summed E-state index contributed by atoms with van der Waals surface area (Å²) in [5.41, 5.74) is 0.854. The zero-order chi connectivity index (χ0) is 15.9. The lowest BCUT2D eigenvalue weighted by molar-refractivity contribution is -0.113. The first-order chi connectivity index (χ1) is 10.6. The molecule has 0 atom stereocenters. The summed E-state index contributed by atoms with van der Waals surface area (Å²) in [6.07, 6.45) is 0. The molecule has 0 fully saturated rings. The number of aliphatic hydroxyl groups excluding tert-OH is 1. The number of benzene rings is 2. The second-order valence-corrected chi connectivity index (χ2v) is 4.47. The minimum absolute atomic E-state index is 0.106. The van der Waals surface area contributed by atoms with Gasteiger partial charge in [0.05, 0.1) is 5.69 Å². The van der Waals surface area contributed by atoms with Crippen LogP contribution in [0.3, 0.4) is 0 Å². The second-order valence-electron chi connectivity index (χ2n) is 4.47. The van der Waals surface area contributed by atoms with E-state index >= 15 is 0 Å². The molecule has 0 saturated heterocycles. The molecule has 22 heavy (non-hydrogen) atoms. The Labute approximate surface area is 127 Å². The molecule has 0 aliphatic rings. The van der Waals surface area contributed by atoms with Crippen molar-refractivity contribution < 1.29 is 15.0 Å². The maximum Gasteiger partial charge on any atom is 0.279 e. The van der Waals surface area contributed by atoms with Gasteiger partial charge in [-0.25, -0.2) is 0 Å². The maximum atomic E-state index is 12.1. The molecule has 0 aliphatic heterocycles. The molecule has 0 saturated carbocycles. The summed E-state index contributed by atoms with van der Waals surface area (Å²) < 4.78 is 0. The highest BCUT2D eigenvalue weighted by atomic mass is 16.3. The summed E-state index contributed by atoms with van der Waals surface area (Å²) >= 11 is 0. The van der Waals surface area contributed by atoms with Crippen LogP contribution in [-0.4, -0.2) is 16.1 Å². The molecule has 6 heteroatoms. The number of nitrogens with one attached hydrogen (secondary N) is 1. The SMILES string of the molecule is CC(O)=C(N=Nc1ccc(O)cc1)C(=O)Nc1ccccc1. The number of azo groups is 1. The van der Waals surface area contributed by atoms with Crippen molar-refractivity contribution in [1.82, 2.24) is 0 Å². The number of phenols is 1. The van der Waals surface area contributed by atoms with Gasteiger partial charge in [-0.3, -0.25) is 4.79 Å². The van der Waals surface area contributed by atoms with Gasteiger partial charge in [-0.1, -0.05) is 18.2 Å². The molecule has 0 aromatic heterocycles. The number of para-hydroxylation sites is 1. The smallest absolute Gasteiger partial charge is 0.279 e. The van der Waals surface area contributed by atoms with Gasteiger partial charge in [0.25, 0.3) is 5.91 Å². The van der Waals surface area contributed by atoms with Crippen molar-refractivity contribution in [2.24, 2.45) is 10.2 Å². The third-order valence-electron chi connectivity index (χ3n) is 2.70. The van der Waals surface area contributed by atoms with Crippen LogP contribution in [0.5, 0.6) is 5.75 Å². The number of anilines is 1. The quantitative estimate of drug-likeness (QED) is 0.453. The average Bonchev–Trinajstić information content (AvgIpc) is 2.50. The Balaban J connectivity index is 2.15. The zero-order valence-electron chi connectivity index (χ0n) is 11.9. The van der Waals surface area contributed by atoms with Crippen LogP contribution in [0.2, 0.25) is 0 Å². The van der Waals surface area contributed by atoms with Crippen molar-refractivity contribution in [1.29, 1.82) is 0 Å². The van der Waals surface area contributed by atoms with Crippen molar-refractivity contribution in [2.75, 3.05) is 5.32 Å². The number of hydrogen-bond acceptors (Lipinski definition) is 5. The Morgan fingerprint density at radius 3 is 2.27 bits per heavy atom. The summed E-state index contributed by atoms with van der Waals surface area (Å²) in [4.78, 5) is 12.1. The molecule has 112 valence electrons. The first kappa shape index (κ1) is 15.2. The lowest BCUT2D eigenvalue weighted by Gasteiger charge is -2.05. The van der Waals surface area contributed by atoms with E-state index in [4.69, 9.17) is 0 Å².